The number of ether oxygens (including phenoxy) is 2. The number of aliphatic hydroxyl groups is 3. The lowest BCUT2D eigenvalue weighted by Gasteiger charge is -2.21. The molecule has 0 aromatic carbocycles. The molecule has 0 aromatic rings. The van der Waals surface area contributed by atoms with Crippen LogP contribution in [-0.2, 0) is 9.47 Å². The van der Waals surface area contributed by atoms with Crippen molar-refractivity contribution in [1.29, 1.82) is 0 Å². The standard InChI is InChI=1S/C19H38O5/c20-15-17-16-24-19(22)18(21)13-11-9-7-5-3-1-2-4-6-8-10-12-14-23-17/h17-22H,1-16H2. The fourth-order valence-electron chi connectivity index (χ4n) is 3.09. The van der Waals surface area contributed by atoms with Crippen molar-refractivity contribution in [2.24, 2.45) is 0 Å². The SMILES string of the molecule is OCC1COC(O)C(O)CCCCCCCCCCCCCCO1. The molecule has 5 nitrogen and oxygen atoms in total. The molecule has 0 bridgehead atoms. The van der Waals surface area contributed by atoms with Crippen molar-refractivity contribution in [2.75, 3.05) is 19.8 Å². The zero-order chi connectivity index (χ0) is 17.5. The molecule has 3 N–H and O–H groups in total. The molecule has 144 valence electrons. The van der Waals surface area contributed by atoms with E-state index in [-0.39, 0.29) is 13.2 Å². The first-order chi connectivity index (χ1) is 11.7. The molecule has 1 rings (SSSR count). The summed E-state index contributed by atoms with van der Waals surface area (Å²) < 4.78 is 10.8. The summed E-state index contributed by atoms with van der Waals surface area (Å²) in [6, 6.07) is 0. The largest absolute Gasteiger partial charge is 0.394 e. The third-order valence-corrected chi connectivity index (χ3v) is 4.73. The molecule has 1 aliphatic heterocycles. The molecule has 1 saturated heterocycles. The second-order valence-corrected chi connectivity index (χ2v) is 7.00. The van der Waals surface area contributed by atoms with Gasteiger partial charge >= 0.3 is 0 Å². The molecule has 0 radical (unpaired) electrons. The van der Waals surface area contributed by atoms with E-state index < -0.39 is 18.5 Å². The van der Waals surface area contributed by atoms with E-state index in [9.17, 15) is 15.3 Å². The summed E-state index contributed by atoms with van der Waals surface area (Å²) in [5.74, 6) is 0. The lowest BCUT2D eigenvalue weighted by atomic mass is 10.0. The number of aliphatic hydroxyl groups excluding tert-OH is 3. The van der Waals surface area contributed by atoms with Gasteiger partial charge in [-0.1, -0.05) is 70.6 Å². The second kappa shape index (κ2) is 15.1. The van der Waals surface area contributed by atoms with E-state index in [2.05, 4.69) is 0 Å². The van der Waals surface area contributed by atoms with Gasteiger partial charge < -0.3 is 24.8 Å². The maximum Gasteiger partial charge on any atom is 0.180 e. The van der Waals surface area contributed by atoms with Crippen molar-refractivity contribution in [3.8, 4) is 0 Å². The van der Waals surface area contributed by atoms with E-state index >= 15 is 0 Å². The van der Waals surface area contributed by atoms with Gasteiger partial charge in [-0.2, -0.15) is 0 Å². The van der Waals surface area contributed by atoms with Crippen LogP contribution in [-0.4, -0.2) is 53.6 Å². The normalized spacial score (nSPS) is 31.4. The predicted octanol–water partition coefficient (Wildman–Crippen LogP) is 3.14. The maximum atomic E-state index is 9.92. The molecule has 0 saturated carbocycles. The maximum absolute atomic E-state index is 9.92. The smallest absolute Gasteiger partial charge is 0.180 e. The van der Waals surface area contributed by atoms with Crippen LogP contribution < -0.4 is 0 Å². The first kappa shape index (κ1) is 21.8. The van der Waals surface area contributed by atoms with Gasteiger partial charge in [-0.05, 0) is 12.8 Å². The van der Waals surface area contributed by atoms with E-state index in [4.69, 9.17) is 9.47 Å². The Kier molecular flexibility index (Phi) is 13.7. The quantitative estimate of drug-likeness (QED) is 0.680. The zero-order valence-corrected chi connectivity index (χ0v) is 15.2. The summed E-state index contributed by atoms with van der Waals surface area (Å²) in [4.78, 5) is 0. The summed E-state index contributed by atoms with van der Waals surface area (Å²) in [6.45, 7) is 0.574. The van der Waals surface area contributed by atoms with Gasteiger partial charge in [0.25, 0.3) is 0 Å². The molecule has 0 spiro atoms. The first-order valence-corrected chi connectivity index (χ1v) is 9.94. The summed E-state index contributed by atoms with van der Waals surface area (Å²) in [5, 5.41) is 29.1. The van der Waals surface area contributed by atoms with Crippen LogP contribution in [0.5, 0.6) is 0 Å². The van der Waals surface area contributed by atoms with Crippen molar-refractivity contribution < 1.29 is 24.8 Å². The van der Waals surface area contributed by atoms with Crippen LogP contribution in [0.4, 0.5) is 0 Å². The van der Waals surface area contributed by atoms with Crippen LogP contribution in [0.3, 0.4) is 0 Å². The van der Waals surface area contributed by atoms with Crippen molar-refractivity contribution in [3.05, 3.63) is 0 Å². The highest BCUT2D eigenvalue weighted by Gasteiger charge is 2.18. The second-order valence-electron chi connectivity index (χ2n) is 7.00. The molecule has 1 aliphatic rings. The highest BCUT2D eigenvalue weighted by molar-refractivity contribution is 4.62. The topological polar surface area (TPSA) is 79.2 Å². The van der Waals surface area contributed by atoms with E-state index in [1.54, 1.807) is 0 Å². The Labute approximate surface area is 147 Å². The van der Waals surface area contributed by atoms with Gasteiger partial charge in [-0.15, -0.1) is 0 Å². The van der Waals surface area contributed by atoms with Crippen molar-refractivity contribution in [1.82, 2.24) is 0 Å². The lowest BCUT2D eigenvalue weighted by Crippen LogP contribution is -2.34. The minimum Gasteiger partial charge on any atom is -0.394 e. The van der Waals surface area contributed by atoms with Gasteiger partial charge in [-0.25, -0.2) is 0 Å². The van der Waals surface area contributed by atoms with Crippen LogP contribution in [0, 0.1) is 0 Å². The van der Waals surface area contributed by atoms with Gasteiger partial charge in [0.15, 0.2) is 6.29 Å². The van der Waals surface area contributed by atoms with E-state index in [0.717, 1.165) is 25.7 Å². The molecule has 3 atom stereocenters. The predicted molar refractivity (Wildman–Crippen MR) is 94.8 cm³/mol. The third-order valence-electron chi connectivity index (χ3n) is 4.73. The lowest BCUT2D eigenvalue weighted by molar-refractivity contribution is -0.184. The summed E-state index contributed by atoms with van der Waals surface area (Å²) in [5.41, 5.74) is 0. The zero-order valence-electron chi connectivity index (χ0n) is 15.2. The van der Waals surface area contributed by atoms with Crippen molar-refractivity contribution in [2.45, 2.75) is 102 Å². The van der Waals surface area contributed by atoms with Crippen molar-refractivity contribution >= 4 is 0 Å². The molecule has 24 heavy (non-hydrogen) atoms. The average Bonchev–Trinajstić information content (AvgIpc) is 2.59. The van der Waals surface area contributed by atoms with Gasteiger partial charge in [0.1, 0.15) is 12.2 Å². The van der Waals surface area contributed by atoms with Gasteiger partial charge in [-0.3, -0.25) is 0 Å². The Morgan fingerprint density at radius 1 is 0.667 bits per heavy atom. The Morgan fingerprint density at radius 2 is 1.17 bits per heavy atom. The van der Waals surface area contributed by atoms with Crippen LogP contribution in [0.1, 0.15) is 83.5 Å². The highest BCUT2D eigenvalue weighted by atomic mass is 16.6. The summed E-state index contributed by atoms with van der Waals surface area (Å²) in [6.07, 6.45) is 12.5. The van der Waals surface area contributed by atoms with Gasteiger partial charge in [0, 0.05) is 6.61 Å². The molecule has 0 aromatic heterocycles. The number of rotatable bonds is 1. The van der Waals surface area contributed by atoms with Crippen molar-refractivity contribution in [3.63, 3.8) is 0 Å². The van der Waals surface area contributed by atoms with Crippen LogP contribution in [0.2, 0.25) is 0 Å². The van der Waals surface area contributed by atoms with Crippen LogP contribution >= 0.6 is 0 Å². The molecule has 3 unspecified atom stereocenters. The Hall–Kier alpha value is -0.200. The molecule has 0 amide bonds. The molecular formula is C19H38O5. The number of hydrogen-bond donors (Lipinski definition) is 3. The van der Waals surface area contributed by atoms with E-state index in [1.807, 2.05) is 0 Å². The minimum atomic E-state index is -1.20. The fraction of sp³-hybridized carbons (Fsp3) is 1.00. The number of hydrogen-bond acceptors (Lipinski definition) is 5. The van der Waals surface area contributed by atoms with Gasteiger partial charge in [0.05, 0.1) is 13.2 Å². The molecule has 5 heteroatoms. The fourth-order valence-corrected chi connectivity index (χ4v) is 3.09. The average molecular weight is 347 g/mol. The molecular weight excluding hydrogens is 308 g/mol. The van der Waals surface area contributed by atoms with E-state index in [0.29, 0.717) is 13.0 Å². The Bertz CT molecular complexity index is 272. The first-order valence-electron chi connectivity index (χ1n) is 9.94. The van der Waals surface area contributed by atoms with E-state index in [1.165, 1.54) is 51.4 Å². The third kappa shape index (κ3) is 11.4. The summed E-state index contributed by atoms with van der Waals surface area (Å²) >= 11 is 0. The highest BCUT2D eigenvalue weighted by Crippen LogP contribution is 2.14. The molecule has 1 fully saturated rings. The Balaban J connectivity index is 2.31. The summed E-state index contributed by atoms with van der Waals surface area (Å²) in [7, 11) is 0. The molecule has 1 heterocycles. The Morgan fingerprint density at radius 3 is 1.71 bits per heavy atom. The van der Waals surface area contributed by atoms with Crippen LogP contribution in [0.25, 0.3) is 0 Å². The minimum absolute atomic E-state index is 0.106. The monoisotopic (exact) mass is 346 g/mol. The van der Waals surface area contributed by atoms with Gasteiger partial charge in [0.2, 0.25) is 0 Å². The van der Waals surface area contributed by atoms with Crippen LogP contribution in [0.15, 0.2) is 0 Å². The molecule has 0 aliphatic carbocycles.